The second-order valence-corrected chi connectivity index (χ2v) is 6.88. The molecule has 24 heavy (non-hydrogen) atoms. The summed E-state index contributed by atoms with van der Waals surface area (Å²) < 4.78 is 9.54. The quantitative estimate of drug-likeness (QED) is 0.789. The molecule has 1 saturated heterocycles. The van der Waals surface area contributed by atoms with Crippen molar-refractivity contribution in [3.63, 3.8) is 0 Å². The van der Waals surface area contributed by atoms with Crippen LogP contribution >= 0.6 is 0 Å². The van der Waals surface area contributed by atoms with Gasteiger partial charge in [0.25, 0.3) is 0 Å². The highest BCUT2D eigenvalue weighted by Crippen LogP contribution is 2.35. The maximum absolute atomic E-state index is 5.94. The number of hydrogen-bond donors (Lipinski definition) is 1. The molecule has 4 rings (SSSR count). The summed E-state index contributed by atoms with van der Waals surface area (Å²) in [6.07, 6.45) is 5.88. The number of methoxy groups -OCH3 is 1. The topological polar surface area (TPSA) is 87.0 Å². The van der Waals surface area contributed by atoms with E-state index in [0.29, 0.717) is 24.6 Å². The zero-order valence-corrected chi connectivity index (χ0v) is 14.1. The van der Waals surface area contributed by atoms with Crippen molar-refractivity contribution in [3.05, 3.63) is 30.1 Å². The zero-order chi connectivity index (χ0) is 16.5. The van der Waals surface area contributed by atoms with Crippen LogP contribution in [0, 0.1) is 0 Å². The van der Waals surface area contributed by atoms with Crippen molar-refractivity contribution in [3.8, 4) is 0 Å². The molecule has 2 aromatic heterocycles. The molecule has 2 aromatic rings. The lowest BCUT2D eigenvalue weighted by Gasteiger charge is -2.39. The van der Waals surface area contributed by atoms with Gasteiger partial charge in [0, 0.05) is 51.1 Å². The normalized spacial score (nSPS) is 24.8. The van der Waals surface area contributed by atoms with Crippen molar-refractivity contribution < 1.29 is 4.74 Å². The molecule has 130 valence electrons. The van der Waals surface area contributed by atoms with E-state index >= 15 is 0 Å². The lowest BCUT2D eigenvalue weighted by atomic mass is 9.80. The van der Waals surface area contributed by atoms with Crippen LogP contribution < -0.4 is 5.73 Å². The minimum Gasteiger partial charge on any atom is -0.383 e. The van der Waals surface area contributed by atoms with Crippen LogP contribution in [0.15, 0.2) is 18.5 Å². The van der Waals surface area contributed by atoms with Gasteiger partial charge in [0.05, 0.1) is 19.2 Å². The molecule has 0 aromatic carbocycles. The number of nitrogens with two attached hydrogens (primary N) is 1. The summed E-state index contributed by atoms with van der Waals surface area (Å²) in [5.41, 5.74) is 5.94. The Morgan fingerprint density at radius 3 is 2.79 bits per heavy atom. The Morgan fingerprint density at radius 2 is 2.12 bits per heavy atom. The Kier molecular flexibility index (Phi) is 4.34. The molecule has 8 nitrogen and oxygen atoms in total. The maximum atomic E-state index is 5.94. The van der Waals surface area contributed by atoms with E-state index in [2.05, 4.69) is 24.8 Å². The van der Waals surface area contributed by atoms with Crippen molar-refractivity contribution in [1.82, 2.24) is 29.4 Å². The first-order chi connectivity index (χ1) is 11.7. The average Bonchev–Trinajstić information content (AvgIpc) is 3.15. The zero-order valence-electron chi connectivity index (χ0n) is 14.1. The molecular formula is C16H25N7O. The van der Waals surface area contributed by atoms with E-state index in [-0.39, 0.29) is 0 Å². The van der Waals surface area contributed by atoms with E-state index in [1.807, 2.05) is 23.1 Å². The Balaban J connectivity index is 1.41. The van der Waals surface area contributed by atoms with Gasteiger partial charge in [-0.2, -0.15) is 5.10 Å². The number of hydrogen-bond acceptors (Lipinski definition) is 6. The highest BCUT2D eigenvalue weighted by Gasteiger charge is 2.34. The monoisotopic (exact) mass is 331 g/mol. The van der Waals surface area contributed by atoms with E-state index < -0.39 is 0 Å². The Bertz CT molecular complexity index is 656. The van der Waals surface area contributed by atoms with Crippen LogP contribution in [0.1, 0.15) is 36.5 Å². The summed E-state index contributed by atoms with van der Waals surface area (Å²) in [5.74, 6) is 2.56. The fourth-order valence-corrected chi connectivity index (χ4v) is 3.60. The van der Waals surface area contributed by atoms with E-state index in [9.17, 15) is 0 Å². The fourth-order valence-electron chi connectivity index (χ4n) is 3.60. The third-order valence-electron chi connectivity index (χ3n) is 5.12. The van der Waals surface area contributed by atoms with Gasteiger partial charge in [-0.05, 0) is 18.9 Å². The van der Waals surface area contributed by atoms with Gasteiger partial charge in [0.2, 0.25) is 0 Å². The standard InChI is InChI=1S/C16H25N7O/c1-24-6-5-22-15(19-20-16(22)12-7-13(17)8-12)11-21-9-14(10-21)23-4-2-3-18-23/h2-4,12-14H,5-11,17H2,1H3. The van der Waals surface area contributed by atoms with Gasteiger partial charge in [-0.3, -0.25) is 9.58 Å². The number of likely N-dealkylation sites (tertiary alicyclic amines) is 1. The van der Waals surface area contributed by atoms with Crippen molar-refractivity contribution in [2.24, 2.45) is 5.73 Å². The summed E-state index contributed by atoms with van der Waals surface area (Å²) in [5, 5.41) is 13.2. The Morgan fingerprint density at radius 1 is 1.29 bits per heavy atom. The van der Waals surface area contributed by atoms with Gasteiger partial charge >= 0.3 is 0 Å². The molecule has 0 spiro atoms. The Hall–Kier alpha value is -1.77. The number of aromatic nitrogens is 5. The molecule has 3 heterocycles. The van der Waals surface area contributed by atoms with Crippen LogP contribution in [0.4, 0.5) is 0 Å². The summed E-state index contributed by atoms with van der Waals surface area (Å²) in [6, 6.07) is 2.76. The third-order valence-corrected chi connectivity index (χ3v) is 5.12. The molecule has 1 saturated carbocycles. The first-order valence-electron chi connectivity index (χ1n) is 8.62. The molecule has 8 heteroatoms. The highest BCUT2D eigenvalue weighted by atomic mass is 16.5. The predicted octanol–water partition coefficient (Wildman–Crippen LogP) is 0.383. The predicted molar refractivity (Wildman–Crippen MR) is 88.4 cm³/mol. The minimum absolute atomic E-state index is 0.316. The first-order valence-corrected chi connectivity index (χ1v) is 8.62. The van der Waals surface area contributed by atoms with Crippen molar-refractivity contribution in [2.45, 2.75) is 43.9 Å². The van der Waals surface area contributed by atoms with E-state index in [1.165, 1.54) is 0 Å². The van der Waals surface area contributed by atoms with Crippen LogP contribution in [0.3, 0.4) is 0 Å². The molecular weight excluding hydrogens is 306 g/mol. The summed E-state index contributed by atoms with van der Waals surface area (Å²) >= 11 is 0. The number of nitrogens with zero attached hydrogens (tertiary/aromatic N) is 6. The molecule has 0 amide bonds. The maximum Gasteiger partial charge on any atom is 0.147 e. The van der Waals surface area contributed by atoms with Crippen LogP contribution in [0.2, 0.25) is 0 Å². The minimum atomic E-state index is 0.316. The Labute approximate surface area is 141 Å². The average molecular weight is 331 g/mol. The van der Waals surface area contributed by atoms with Gasteiger partial charge in [0.15, 0.2) is 0 Å². The third kappa shape index (κ3) is 2.97. The molecule has 2 fully saturated rings. The van der Waals surface area contributed by atoms with Gasteiger partial charge in [-0.25, -0.2) is 0 Å². The SMILES string of the molecule is COCCn1c(CN2CC(n3cccn3)C2)nnc1C1CC(N)C1. The molecule has 2 aliphatic rings. The highest BCUT2D eigenvalue weighted by molar-refractivity contribution is 5.09. The van der Waals surface area contributed by atoms with Crippen molar-refractivity contribution >= 4 is 0 Å². The molecule has 0 bridgehead atoms. The lowest BCUT2D eigenvalue weighted by Crippen LogP contribution is -2.47. The number of rotatable bonds is 7. The van der Waals surface area contributed by atoms with Crippen molar-refractivity contribution in [1.29, 1.82) is 0 Å². The molecule has 1 aliphatic heterocycles. The fraction of sp³-hybridized carbons (Fsp3) is 0.688. The summed E-state index contributed by atoms with van der Waals surface area (Å²) in [6.45, 7) is 4.31. The molecule has 2 N–H and O–H groups in total. The smallest absolute Gasteiger partial charge is 0.147 e. The second kappa shape index (κ2) is 6.62. The molecule has 0 unspecified atom stereocenters. The van der Waals surface area contributed by atoms with Crippen molar-refractivity contribution in [2.75, 3.05) is 26.8 Å². The summed E-state index contributed by atoms with van der Waals surface area (Å²) in [7, 11) is 1.73. The van der Waals surface area contributed by atoms with Crippen LogP contribution in [0.5, 0.6) is 0 Å². The van der Waals surface area contributed by atoms with Crippen LogP contribution in [-0.2, 0) is 17.8 Å². The van der Waals surface area contributed by atoms with E-state index in [1.54, 1.807) is 7.11 Å². The van der Waals surface area contributed by atoms with Crippen LogP contribution in [0.25, 0.3) is 0 Å². The van der Waals surface area contributed by atoms with Gasteiger partial charge < -0.3 is 15.0 Å². The lowest BCUT2D eigenvalue weighted by molar-refractivity contribution is 0.0857. The second-order valence-electron chi connectivity index (χ2n) is 6.88. The van der Waals surface area contributed by atoms with E-state index in [4.69, 9.17) is 10.5 Å². The molecule has 0 radical (unpaired) electrons. The van der Waals surface area contributed by atoms with E-state index in [0.717, 1.165) is 50.7 Å². The largest absolute Gasteiger partial charge is 0.383 e. The van der Waals surface area contributed by atoms with Gasteiger partial charge in [-0.15, -0.1) is 10.2 Å². The molecule has 1 aliphatic carbocycles. The summed E-state index contributed by atoms with van der Waals surface area (Å²) in [4.78, 5) is 2.38. The number of ether oxygens (including phenoxy) is 1. The first kappa shape index (κ1) is 15.7. The van der Waals surface area contributed by atoms with Gasteiger partial charge in [0.1, 0.15) is 11.6 Å². The molecule has 0 atom stereocenters. The van der Waals surface area contributed by atoms with Crippen LogP contribution in [-0.4, -0.2) is 62.3 Å². The van der Waals surface area contributed by atoms with Gasteiger partial charge in [-0.1, -0.05) is 0 Å².